The van der Waals surface area contributed by atoms with Gasteiger partial charge < -0.3 is 14.4 Å². The number of hydrogen-bond acceptors (Lipinski definition) is 2. The summed E-state index contributed by atoms with van der Waals surface area (Å²) in [6.07, 6.45) is 3.72. The minimum Gasteiger partial charge on any atom is -0.545 e. The molecule has 0 amide bonds. The molecule has 70 valence electrons. The fraction of sp³-hybridized carbons (Fsp3) is 0.667. The lowest BCUT2D eigenvalue weighted by molar-refractivity contribution is -0.889. The van der Waals surface area contributed by atoms with E-state index < -0.39 is 5.97 Å². The molecule has 0 N–H and O–H groups in total. The van der Waals surface area contributed by atoms with Crippen LogP contribution in [-0.4, -0.2) is 37.6 Å². The molecule has 0 aliphatic heterocycles. The highest BCUT2D eigenvalue weighted by atomic mass is 16.4. The SMILES string of the molecule is CCC(/C=C/C(=O)[O-])[N+](C)(C)C. The normalized spacial score (nSPS) is 15.0. The maximum absolute atomic E-state index is 10.1. The molecule has 0 radical (unpaired) electrons. The zero-order chi connectivity index (χ0) is 9.78. The van der Waals surface area contributed by atoms with Crippen molar-refractivity contribution in [3.8, 4) is 0 Å². The number of carbonyl (C=O) groups excluding carboxylic acids is 1. The van der Waals surface area contributed by atoms with Crippen molar-refractivity contribution in [2.75, 3.05) is 21.1 Å². The summed E-state index contributed by atoms with van der Waals surface area (Å²) in [6.45, 7) is 2.04. The van der Waals surface area contributed by atoms with E-state index in [-0.39, 0.29) is 6.04 Å². The van der Waals surface area contributed by atoms with Gasteiger partial charge in [0, 0.05) is 6.42 Å². The first-order valence-corrected chi connectivity index (χ1v) is 4.08. The smallest absolute Gasteiger partial charge is 0.107 e. The third-order valence-electron chi connectivity index (χ3n) is 1.87. The van der Waals surface area contributed by atoms with Gasteiger partial charge in [-0.15, -0.1) is 0 Å². The monoisotopic (exact) mass is 171 g/mol. The van der Waals surface area contributed by atoms with Crippen LogP contribution in [0.1, 0.15) is 13.3 Å². The average Bonchev–Trinajstić information content (AvgIpc) is 1.85. The van der Waals surface area contributed by atoms with Gasteiger partial charge in [0.15, 0.2) is 0 Å². The van der Waals surface area contributed by atoms with Crippen LogP contribution >= 0.6 is 0 Å². The van der Waals surface area contributed by atoms with Crippen molar-refractivity contribution in [2.24, 2.45) is 0 Å². The zero-order valence-electron chi connectivity index (χ0n) is 8.20. The molecule has 0 aliphatic carbocycles. The Bertz CT molecular complexity index is 179. The number of nitrogens with zero attached hydrogens (tertiary/aromatic N) is 1. The van der Waals surface area contributed by atoms with Crippen LogP contribution in [0.4, 0.5) is 0 Å². The largest absolute Gasteiger partial charge is 0.545 e. The summed E-state index contributed by atoms with van der Waals surface area (Å²) in [5, 5.41) is 10.1. The highest BCUT2D eigenvalue weighted by Gasteiger charge is 2.17. The minimum absolute atomic E-state index is 0.239. The third-order valence-corrected chi connectivity index (χ3v) is 1.87. The van der Waals surface area contributed by atoms with Crippen LogP contribution in [0, 0.1) is 0 Å². The topological polar surface area (TPSA) is 40.1 Å². The van der Waals surface area contributed by atoms with Gasteiger partial charge >= 0.3 is 0 Å². The zero-order valence-corrected chi connectivity index (χ0v) is 8.20. The molecule has 1 atom stereocenters. The van der Waals surface area contributed by atoms with Crippen molar-refractivity contribution < 1.29 is 14.4 Å². The van der Waals surface area contributed by atoms with Crippen molar-refractivity contribution in [1.29, 1.82) is 0 Å². The number of likely N-dealkylation sites (N-methyl/N-ethyl adjacent to an activating group) is 1. The Balaban J connectivity index is 4.28. The van der Waals surface area contributed by atoms with Gasteiger partial charge in [-0.25, -0.2) is 0 Å². The number of carboxylic acid groups (broad SMARTS) is 1. The Labute approximate surface area is 73.9 Å². The summed E-state index contributed by atoms with van der Waals surface area (Å²) < 4.78 is 0.736. The van der Waals surface area contributed by atoms with E-state index in [0.29, 0.717) is 0 Å². The Hall–Kier alpha value is -0.830. The van der Waals surface area contributed by atoms with Crippen LogP contribution in [-0.2, 0) is 4.79 Å². The number of carboxylic acids is 1. The molecule has 0 rings (SSSR count). The Morgan fingerprint density at radius 1 is 1.50 bits per heavy atom. The van der Waals surface area contributed by atoms with Crippen LogP contribution in [0.3, 0.4) is 0 Å². The summed E-state index contributed by atoms with van der Waals surface area (Å²) in [7, 11) is 6.11. The number of carbonyl (C=O) groups is 1. The molecule has 3 nitrogen and oxygen atoms in total. The summed E-state index contributed by atoms with van der Waals surface area (Å²) in [4.78, 5) is 10.1. The molecule has 0 fully saturated rings. The van der Waals surface area contributed by atoms with E-state index in [1.165, 1.54) is 0 Å². The predicted octanol–water partition coefficient (Wildman–Crippen LogP) is -0.223. The van der Waals surface area contributed by atoms with Crippen molar-refractivity contribution in [2.45, 2.75) is 19.4 Å². The number of rotatable bonds is 4. The second-order valence-corrected chi connectivity index (χ2v) is 3.77. The molecule has 0 spiro atoms. The third kappa shape index (κ3) is 4.13. The lowest BCUT2D eigenvalue weighted by Crippen LogP contribution is -2.43. The molecule has 0 heterocycles. The van der Waals surface area contributed by atoms with E-state index in [0.717, 1.165) is 17.0 Å². The van der Waals surface area contributed by atoms with Gasteiger partial charge in [0.25, 0.3) is 0 Å². The molecule has 12 heavy (non-hydrogen) atoms. The molecule has 3 heteroatoms. The van der Waals surface area contributed by atoms with Crippen LogP contribution < -0.4 is 5.11 Å². The Kier molecular flexibility index (Phi) is 3.96. The first-order chi connectivity index (χ1) is 5.38. The van der Waals surface area contributed by atoms with Gasteiger partial charge in [0.1, 0.15) is 6.04 Å². The molecule has 0 aromatic carbocycles. The van der Waals surface area contributed by atoms with Crippen LogP contribution in [0.25, 0.3) is 0 Å². The van der Waals surface area contributed by atoms with Gasteiger partial charge in [0.05, 0.1) is 27.1 Å². The minimum atomic E-state index is -1.12. The quantitative estimate of drug-likeness (QED) is 0.433. The fourth-order valence-corrected chi connectivity index (χ4v) is 1.13. The summed E-state index contributed by atoms with van der Waals surface area (Å²) in [6, 6.07) is 0.239. The van der Waals surface area contributed by atoms with E-state index in [4.69, 9.17) is 0 Å². The highest BCUT2D eigenvalue weighted by Crippen LogP contribution is 2.07. The predicted molar refractivity (Wildman–Crippen MR) is 46.3 cm³/mol. The molecular formula is C9H17NO2. The van der Waals surface area contributed by atoms with E-state index in [9.17, 15) is 9.90 Å². The van der Waals surface area contributed by atoms with Crippen molar-refractivity contribution in [3.63, 3.8) is 0 Å². The molecule has 1 unspecified atom stereocenters. The molecule has 0 saturated carbocycles. The molecule has 0 bridgehead atoms. The lowest BCUT2D eigenvalue weighted by Gasteiger charge is -2.31. The highest BCUT2D eigenvalue weighted by molar-refractivity contribution is 5.77. The summed E-state index contributed by atoms with van der Waals surface area (Å²) in [5.74, 6) is -1.12. The number of hydrogen-bond donors (Lipinski definition) is 0. The molecular weight excluding hydrogens is 154 g/mol. The summed E-state index contributed by atoms with van der Waals surface area (Å²) in [5.41, 5.74) is 0. The van der Waals surface area contributed by atoms with E-state index >= 15 is 0 Å². The molecule has 0 aliphatic rings. The first kappa shape index (κ1) is 11.2. The van der Waals surface area contributed by atoms with Crippen molar-refractivity contribution >= 4 is 5.97 Å². The van der Waals surface area contributed by atoms with Crippen molar-refractivity contribution in [3.05, 3.63) is 12.2 Å². The lowest BCUT2D eigenvalue weighted by atomic mass is 10.1. The maximum atomic E-state index is 10.1. The summed E-state index contributed by atoms with van der Waals surface area (Å²) >= 11 is 0. The second kappa shape index (κ2) is 4.26. The fourth-order valence-electron chi connectivity index (χ4n) is 1.13. The number of aliphatic carboxylic acids is 1. The van der Waals surface area contributed by atoms with Gasteiger partial charge in [-0.2, -0.15) is 0 Å². The van der Waals surface area contributed by atoms with E-state index in [1.54, 1.807) is 6.08 Å². The van der Waals surface area contributed by atoms with Crippen LogP contribution in [0.15, 0.2) is 12.2 Å². The first-order valence-electron chi connectivity index (χ1n) is 4.08. The van der Waals surface area contributed by atoms with Gasteiger partial charge in [-0.05, 0) is 12.2 Å². The van der Waals surface area contributed by atoms with Gasteiger partial charge in [0.2, 0.25) is 0 Å². The van der Waals surface area contributed by atoms with E-state index in [1.807, 2.05) is 28.1 Å². The van der Waals surface area contributed by atoms with Gasteiger partial charge in [-0.3, -0.25) is 0 Å². The molecule has 0 aromatic rings. The Morgan fingerprint density at radius 3 is 2.25 bits per heavy atom. The standard InChI is InChI=1S/C9H17NO2/c1-5-8(10(2,3)4)6-7-9(11)12/h6-8H,5H2,1-4H3/b7-6+. The van der Waals surface area contributed by atoms with Crippen LogP contribution in [0.5, 0.6) is 0 Å². The van der Waals surface area contributed by atoms with Crippen molar-refractivity contribution in [1.82, 2.24) is 0 Å². The van der Waals surface area contributed by atoms with Crippen LogP contribution in [0.2, 0.25) is 0 Å². The second-order valence-electron chi connectivity index (χ2n) is 3.77. The van der Waals surface area contributed by atoms with Gasteiger partial charge in [-0.1, -0.05) is 6.92 Å². The van der Waals surface area contributed by atoms with E-state index in [2.05, 4.69) is 0 Å². The molecule has 0 aromatic heterocycles. The molecule has 0 saturated heterocycles. The average molecular weight is 171 g/mol. The Morgan fingerprint density at radius 2 is 2.00 bits per heavy atom. The maximum Gasteiger partial charge on any atom is 0.107 e. The number of quaternary nitrogens is 1.